The predicted molar refractivity (Wildman–Crippen MR) is 92.9 cm³/mol. The number of hydrogen-bond donors (Lipinski definition) is 2. The predicted octanol–water partition coefficient (Wildman–Crippen LogP) is 1.92. The van der Waals surface area contributed by atoms with Crippen LogP contribution in [0.5, 0.6) is 0 Å². The summed E-state index contributed by atoms with van der Waals surface area (Å²) < 4.78 is 0. The van der Waals surface area contributed by atoms with Gasteiger partial charge in [0, 0.05) is 30.8 Å². The number of carboxylic acids is 1. The molecule has 1 saturated carbocycles. The van der Waals surface area contributed by atoms with Gasteiger partial charge in [0.05, 0.1) is 5.41 Å². The lowest BCUT2D eigenvalue weighted by molar-refractivity contribution is -0.147. The van der Waals surface area contributed by atoms with Gasteiger partial charge in [0.15, 0.2) is 0 Å². The van der Waals surface area contributed by atoms with Crippen LogP contribution in [0, 0.1) is 5.41 Å². The maximum atomic E-state index is 12.2. The fourth-order valence-corrected chi connectivity index (χ4v) is 2.84. The quantitative estimate of drug-likeness (QED) is 0.801. The molecule has 1 saturated heterocycles. The molecule has 3 rings (SSSR count). The van der Waals surface area contributed by atoms with Crippen molar-refractivity contribution in [2.24, 2.45) is 5.41 Å². The summed E-state index contributed by atoms with van der Waals surface area (Å²) in [5.41, 5.74) is 0.559. The van der Waals surface area contributed by atoms with E-state index in [0.29, 0.717) is 24.6 Å². The molecule has 1 atom stereocenters. The van der Waals surface area contributed by atoms with Crippen molar-refractivity contribution in [1.29, 1.82) is 0 Å². The maximum Gasteiger partial charge on any atom is 0.311 e. The molecule has 2 aliphatic rings. The lowest BCUT2D eigenvalue weighted by Crippen LogP contribution is -2.34. The number of aliphatic carboxylic acids is 1. The molecule has 1 heterocycles. The lowest BCUT2D eigenvalue weighted by atomic mass is 9.90. The van der Waals surface area contributed by atoms with Gasteiger partial charge in [-0.3, -0.25) is 14.4 Å². The second-order valence-corrected chi connectivity index (χ2v) is 7.08. The number of nitrogens with zero attached hydrogens (tertiary/aromatic N) is 1. The van der Waals surface area contributed by atoms with Crippen molar-refractivity contribution in [3.8, 4) is 0 Å². The van der Waals surface area contributed by atoms with Crippen LogP contribution in [0.25, 0.3) is 6.08 Å². The van der Waals surface area contributed by atoms with E-state index in [1.54, 1.807) is 42.2 Å². The monoisotopic (exact) mass is 342 g/mol. The topological polar surface area (TPSA) is 86.7 Å². The standard InChI is InChI=1S/C19H22N2O4/c1-19(18(24)25)10-11-21(12-19)16(22)9-4-13-2-5-14(6-3-13)17(23)20-15-7-8-15/h2-6,9,15H,7-8,10-12H2,1H3,(H,20,23)(H,24,25). The Hall–Kier alpha value is -2.63. The first-order chi connectivity index (χ1) is 11.9. The Kier molecular flexibility index (Phi) is 4.61. The van der Waals surface area contributed by atoms with Crippen molar-refractivity contribution in [1.82, 2.24) is 10.2 Å². The third-order valence-corrected chi connectivity index (χ3v) is 4.81. The molecule has 0 spiro atoms. The minimum Gasteiger partial charge on any atom is -0.481 e. The van der Waals surface area contributed by atoms with Crippen molar-refractivity contribution < 1.29 is 19.5 Å². The Bertz CT molecular complexity index is 721. The van der Waals surface area contributed by atoms with Crippen LogP contribution >= 0.6 is 0 Å². The number of carbonyl (C=O) groups excluding carboxylic acids is 2. The Balaban J connectivity index is 1.57. The van der Waals surface area contributed by atoms with E-state index in [1.807, 2.05) is 0 Å². The Morgan fingerprint density at radius 1 is 1.24 bits per heavy atom. The molecule has 132 valence electrons. The summed E-state index contributed by atoms with van der Waals surface area (Å²) in [4.78, 5) is 36.9. The summed E-state index contributed by atoms with van der Waals surface area (Å²) in [6, 6.07) is 7.37. The molecule has 6 nitrogen and oxygen atoms in total. The molecule has 0 bridgehead atoms. The number of carbonyl (C=O) groups is 3. The van der Waals surface area contributed by atoms with Gasteiger partial charge < -0.3 is 15.3 Å². The molecule has 1 aliphatic carbocycles. The van der Waals surface area contributed by atoms with Crippen molar-refractivity contribution in [2.45, 2.75) is 32.2 Å². The van der Waals surface area contributed by atoms with Crippen LogP contribution in [0.2, 0.25) is 0 Å². The van der Waals surface area contributed by atoms with E-state index in [9.17, 15) is 19.5 Å². The van der Waals surface area contributed by atoms with Gasteiger partial charge in [-0.15, -0.1) is 0 Å². The average Bonchev–Trinajstić information content (AvgIpc) is 3.31. The number of likely N-dealkylation sites (tertiary alicyclic amines) is 1. The van der Waals surface area contributed by atoms with Gasteiger partial charge in [0.25, 0.3) is 5.91 Å². The average molecular weight is 342 g/mol. The molecule has 2 N–H and O–H groups in total. The largest absolute Gasteiger partial charge is 0.481 e. The van der Waals surface area contributed by atoms with Gasteiger partial charge in [-0.1, -0.05) is 12.1 Å². The highest BCUT2D eigenvalue weighted by atomic mass is 16.4. The van der Waals surface area contributed by atoms with E-state index in [2.05, 4.69) is 5.32 Å². The smallest absolute Gasteiger partial charge is 0.311 e. The summed E-state index contributed by atoms with van der Waals surface area (Å²) in [6.07, 6.45) is 5.69. The normalized spacial score (nSPS) is 23.0. The molecule has 0 aromatic heterocycles. The SMILES string of the molecule is CC1(C(=O)O)CCN(C(=O)C=Cc2ccc(C(=O)NC3CC3)cc2)C1. The Labute approximate surface area is 146 Å². The van der Waals surface area contributed by atoms with Crippen LogP contribution in [0.1, 0.15) is 42.1 Å². The molecule has 1 aromatic rings. The Morgan fingerprint density at radius 3 is 2.48 bits per heavy atom. The minimum atomic E-state index is -0.869. The second-order valence-electron chi connectivity index (χ2n) is 7.08. The number of benzene rings is 1. The summed E-state index contributed by atoms with van der Waals surface area (Å²) in [7, 11) is 0. The third-order valence-electron chi connectivity index (χ3n) is 4.81. The summed E-state index contributed by atoms with van der Waals surface area (Å²) in [6.45, 7) is 2.34. The van der Waals surface area contributed by atoms with Crippen LogP contribution in [-0.4, -0.2) is 46.9 Å². The van der Waals surface area contributed by atoms with Crippen LogP contribution in [0.4, 0.5) is 0 Å². The number of amides is 2. The number of carboxylic acid groups (broad SMARTS) is 1. The van der Waals surface area contributed by atoms with E-state index < -0.39 is 11.4 Å². The molecular weight excluding hydrogens is 320 g/mol. The first-order valence-corrected chi connectivity index (χ1v) is 8.49. The molecule has 0 radical (unpaired) electrons. The lowest BCUT2D eigenvalue weighted by Gasteiger charge is -2.18. The Morgan fingerprint density at radius 2 is 1.92 bits per heavy atom. The van der Waals surface area contributed by atoms with Crippen molar-refractivity contribution in [3.63, 3.8) is 0 Å². The number of rotatable bonds is 5. The maximum absolute atomic E-state index is 12.2. The minimum absolute atomic E-state index is 0.0703. The third kappa shape index (κ3) is 4.07. The highest BCUT2D eigenvalue weighted by Crippen LogP contribution is 2.30. The molecule has 1 aromatic carbocycles. The fraction of sp³-hybridized carbons (Fsp3) is 0.421. The van der Waals surface area contributed by atoms with Gasteiger partial charge >= 0.3 is 5.97 Å². The highest BCUT2D eigenvalue weighted by molar-refractivity contribution is 5.95. The fourth-order valence-electron chi connectivity index (χ4n) is 2.84. The first-order valence-electron chi connectivity index (χ1n) is 8.49. The molecule has 25 heavy (non-hydrogen) atoms. The van der Waals surface area contributed by atoms with Gasteiger partial charge in [-0.2, -0.15) is 0 Å². The summed E-state index contributed by atoms with van der Waals surface area (Å²) in [5.74, 6) is -1.13. The van der Waals surface area contributed by atoms with E-state index in [4.69, 9.17) is 0 Å². The van der Waals surface area contributed by atoms with Gasteiger partial charge in [0.1, 0.15) is 0 Å². The molecule has 1 aliphatic heterocycles. The molecule has 2 amide bonds. The van der Waals surface area contributed by atoms with Crippen LogP contribution in [-0.2, 0) is 9.59 Å². The van der Waals surface area contributed by atoms with Crippen LogP contribution in [0.15, 0.2) is 30.3 Å². The van der Waals surface area contributed by atoms with Gasteiger partial charge in [-0.25, -0.2) is 0 Å². The zero-order chi connectivity index (χ0) is 18.0. The molecule has 1 unspecified atom stereocenters. The van der Waals surface area contributed by atoms with E-state index in [0.717, 1.165) is 18.4 Å². The first kappa shape index (κ1) is 17.2. The van der Waals surface area contributed by atoms with E-state index in [1.165, 1.54) is 6.08 Å². The van der Waals surface area contributed by atoms with Crippen LogP contribution < -0.4 is 5.32 Å². The van der Waals surface area contributed by atoms with Crippen molar-refractivity contribution in [2.75, 3.05) is 13.1 Å². The summed E-state index contributed by atoms with van der Waals surface area (Å²) >= 11 is 0. The summed E-state index contributed by atoms with van der Waals surface area (Å²) in [5, 5.41) is 12.1. The second kappa shape index (κ2) is 6.70. The number of hydrogen-bond acceptors (Lipinski definition) is 3. The van der Waals surface area contributed by atoms with Crippen molar-refractivity contribution >= 4 is 23.9 Å². The van der Waals surface area contributed by atoms with E-state index >= 15 is 0 Å². The van der Waals surface area contributed by atoms with E-state index in [-0.39, 0.29) is 18.4 Å². The van der Waals surface area contributed by atoms with Crippen LogP contribution in [0.3, 0.4) is 0 Å². The van der Waals surface area contributed by atoms with Crippen molar-refractivity contribution in [3.05, 3.63) is 41.5 Å². The zero-order valence-corrected chi connectivity index (χ0v) is 14.2. The van der Waals surface area contributed by atoms with Gasteiger partial charge in [0.2, 0.25) is 5.91 Å². The molecular formula is C19H22N2O4. The highest BCUT2D eigenvalue weighted by Gasteiger charge is 2.41. The number of nitrogens with one attached hydrogen (secondary N) is 1. The zero-order valence-electron chi connectivity index (χ0n) is 14.2. The van der Waals surface area contributed by atoms with Gasteiger partial charge in [-0.05, 0) is 50.0 Å². The molecule has 2 fully saturated rings. The molecule has 6 heteroatoms.